The maximum absolute atomic E-state index is 13.4. The first kappa shape index (κ1) is 37.9. The van der Waals surface area contributed by atoms with Crippen LogP contribution in [0.15, 0.2) is 65.4 Å². The molecule has 0 aliphatic carbocycles. The predicted octanol–water partition coefficient (Wildman–Crippen LogP) is 11.2. The second-order valence-corrected chi connectivity index (χ2v) is 12.0. The van der Waals surface area contributed by atoms with E-state index in [1.165, 1.54) is 12.1 Å². The molecule has 3 rings (SSSR count). The summed E-state index contributed by atoms with van der Waals surface area (Å²) in [6, 6.07) is 5.06. The Morgan fingerprint density at radius 1 is 0.872 bits per heavy atom. The fourth-order valence-electron chi connectivity index (χ4n) is 4.67. The summed E-state index contributed by atoms with van der Waals surface area (Å²) in [4.78, 5) is 4.86. The number of aliphatic hydroxyl groups excluding tert-OH is 1. The zero-order valence-corrected chi connectivity index (χ0v) is 26.9. The molecule has 2 atom stereocenters. The molecule has 0 aliphatic heterocycles. The minimum atomic E-state index is -5.08. The van der Waals surface area contributed by atoms with Gasteiger partial charge in [0.2, 0.25) is 0 Å². The molecule has 14 heteroatoms. The van der Waals surface area contributed by atoms with Crippen LogP contribution in [-0.4, -0.2) is 16.7 Å². The third kappa shape index (κ3) is 9.99. The van der Waals surface area contributed by atoms with Gasteiger partial charge in [0, 0.05) is 12.2 Å². The first-order chi connectivity index (χ1) is 21.8. The van der Waals surface area contributed by atoms with Crippen molar-refractivity contribution in [3.63, 3.8) is 0 Å². The van der Waals surface area contributed by atoms with Crippen LogP contribution >= 0.6 is 11.3 Å². The normalized spacial score (nSPS) is 14.9. The molecule has 0 spiro atoms. The van der Waals surface area contributed by atoms with Crippen molar-refractivity contribution >= 4 is 11.3 Å². The van der Waals surface area contributed by atoms with Gasteiger partial charge in [-0.15, -0.1) is 11.3 Å². The minimum absolute atomic E-state index is 0.0130. The van der Waals surface area contributed by atoms with Gasteiger partial charge < -0.3 is 14.6 Å². The zero-order chi connectivity index (χ0) is 35.3. The molecular formula is C33H34F9NO3S. The van der Waals surface area contributed by atoms with E-state index in [9.17, 15) is 44.6 Å². The summed E-state index contributed by atoms with van der Waals surface area (Å²) in [5, 5.41) is 9.43. The minimum Gasteiger partial charge on any atom is -0.487 e. The number of halogens is 9. The van der Waals surface area contributed by atoms with Crippen molar-refractivity contribution in [1.29, 1.82) is 0 Å². The molecule has 0 radical (unpaired) electrons. The molecule has 2 unspecified atom stereocenters. The number of hydrogen-bond acceptors (Lipinski definition) is 5. The van der Waals surface area contributed by atoms with Gasteiger partial charge >= 0.3 is 18.5 Å². The standard InChI is InChI=1S/C33H34F9NO3S/c1-6-28(20(4)19(3)18(2)8-7-13-44)46-21(5)29-27(43-30(47-29)22-9-11-23(12-10-22)31(34,35)36)17-45-26-15-24(32(37,38)39)14-25(16-26)33(40,41)42/h6,9-12,14-16,18,21,44H,7-8,13,17H2,1-5H3/b20-19-,28-6+. The predicted molar refractivity (Wildman–Crippen MR) is 160 cm³/mol. The number of thiazole rings is 1. The monoisotopic (exact) mass is 695 g/mol. The number of alkyl halides is 9. The second kappa shape index (κ2) is 15.1. The zero-order valence-electron chi connectivity index (χ0n) is 26.1. The van der Waals surface area contributed by atoms with Gasteiger partial charge in [-0.3, -0.25) is 0 Å². The maximum Gasteiger partial charge on any atom is 0.416 e. The molecule has 0 fully saturated rings. The Morgan fingerprint density at radius 2 is 1.43 bits per heavy atom. The number of aromatic nitrogens is 1. The average molecular weight is 696 g/mol. The summed E-state index contributed by atoms with van der Waals surface area (Å²) in [6.07, 6.45) is -12.4. The topological polar surface area (TPSA) is 51.6 Å². The van der Waals surface area contributed by atoms with E-state index in [-0.39, 0.29) is 29.3 Å². The van der Waals surface area contributed by atoms with Crippen molar-refractivity contribution in [2.24, 2.45) is 5.92 Å². The summed E-state index contributed by atoms with van der Waals surface area (Å²) < 4.78 is 132. The van der Waals surface area contributed by atoms with Crippen molar-refractivity contribution in [2.75, 3.05) is 6.61 Å². The summed E-state index contributed by atoms with van der Waals surface area (Å²) in [7, 11) is 0. The Bertz CT molecular complexity index is 1540. The molecule has 0 saturated heterocycles. The third-order valence-electron chi connectivity index (χ3n) is 7.55. The van der Waals surface area contributed by atoms with E-state index in [1.54, 1.807) is 19.9 Å². The Labute approximate surface area is 270 Å². The summed E-state index contributed by atoms with van der Waals surface area (Å²) in [6.45, 7) is 8.73. The lowest BCUT2D eigenvalue weighted by molar-refractivity contribution is -0.143. The molecule has 1 heterocycles. The lowest BCUT2D eigenvalue weighted by atomic mass is 9.93. The van der Waals surface area contributed by atoms with Gasteiger partial charge in [-0.1, -0.05) is 24.6 Å². The van der Waals surface area contributed by atoms with Crippen molar-refractivity contribution < 1.29 is 54.1 Å². The lowest BCUT2D eigenvalue weighted by Gasteiger charge is -2.21. The molecule has 258 valence electrons. The molecule has 0 bridgehead atoms. The van der Waals surface area contributed by atoms with E-state index in [2.05, 4.69) is 4.98 Å². The third-order valence-corrected chi connectivity index (χ3v) is 8.86. The van der Waals surface area contributed by atoms with Crippen LogP contribution in [0.1, 0.15) is 80.8 Å². The Balaban J connectivity index is 2.02. The summed E-state index contributed by atoms with van der Waals surface area (Å²) >= 11 is 1.05. The molecule has 0 amide bonds. The second-order valence-electron chi connectivity index (χ2n) is 10.9. The van der Waals surface area contributed by atoms with Gasteiger partial charge in [-0.2, -0.15) is 39.5 Å². The van der Waals surface area contributed by atoms with E-state index < -0.39 is 53.7 Å². The highest BCUT2D eigenvalue weighted by Crippen LogP contribution is 2.40. The fraction of sp³-hybridized carbons (Fsp3) is 0.424. The fourth-order valence-corrected chi connectivity index (χ4v) is 5.72. The van der Waals surface area contributed by atoms with E-state index in [0.717, 1.165) is 41.0 Å². The van der Waals surface area contributed by atoms with Crippen LogP contribution in [0.2, 0.25) is 0 Å². The van der Waals surface area contributed by atoms with Gasteiger partial charge in [0.05, 0.1) is 27.3 Å². The van der Waals surface area contributed by atoms with E-state index >= 15 is 0 Å². The van der Waals surface area contributed by atoms with E-state index in [1.807, 2.05) is 20.8 Å². The van der Waals surface area contributed by atoms with Gasteiger partial charge in [0.25, 0.3) is 0 Å². The molecule has 0 aliphatic rings. The molecule has 0 saturated carbocycles. The molecule has 2 aromatic carbocycles. The van der Waals surface area contributed by atoms with Gasteiger partial charge in [0.1, 0.15) is 29.2 Å². The quantitative estimate of drug-likeness (QED) is 0.116. The van der Waals surface area contributed by atoms with Crippen molar-refractivity contribution in [2.45, 2.75) is 78.7 Å². The number of rotatable bonds is 12. The Morgan fingerprint density at radius 3 is 1.91 bits per heavy atom. The summed E-state index contributed by atoms with van der Waals surface area (Å²) in [5.41, 5.74) is -1.71. The van der Waals surface area contributed by atoms with Gasteiger partial charge in [-0.25, -0.2) is 4.98 Å². The van der Waals surface area contributed by atoms with Crippen LogP contribution in [0, 0.1) is 5.92 Å². The summed E-state index contributed by atoms with van der Waals surface area (Å²) in [5.74, 6) is -0.0604. The molecule has 4 nitrogen and oxygen atoms in total. The number of benzene rings is 2. The molecule has 1 aromatic heterocycles. The SMILES string of the molecule is C/C=C(OC(C)c1sc(-c2ccc(C(F)(F)F)cc2)nc1COc1cc(C(F)(F)F)cc(C(F)(F)F)c1)\C(C)=C(\C)C(C)CCCO. The largest absolute Gasteiger partial charge is 0.487 e. The highest BCUT2D eigenvalue weighted by molar-refractivity contribution is 7.15. The first-order valence-electron chi connectivity index (χ1n) is 14.5. The Hall–Kier alpha value is -3.52. The number of hydrogen-bond donors (Lipinski definition) is 1. The average Bonchev–Trinajstić information content (AvgIpc) is 3.43. The van der Waals surface area contributed by atoms with Crippen LogP contribution in [0.3, 0.4) is 0 Å². The number of allylic oxidation sites excluding steroid dienone is 3. The molecular weight excluding hydrogens is 661 g/mol. The number of aliphatic hydroxyl groups is 1. The van der Waals surface area contributed by atoms with E-state index in [4.69, 9.17) is 9.47 Å². The van der Waals surface area contributed by atoms with Gasteiger partial charge in [0.15, 0.2) is 0 Å². The molecule has 1 N–H and O–H groups in total. The van der Waals surface area contributed by atoms with Crippen LogP contribution < -0.4 is 4.74 Å². The molecule has 47 heavy (non-hydrogen) atoms. The van der Waals surface area contributed by atoms with Crippen LogP contribution in [0.25, 0.3) is 10.6 Å². The van der Waals surface area contributed by atoms with Gasteiger partial charge in [-0.05, 0) is 88.4 Å². The first-order valence-corrected chi connectivity index (χ1v) is 15.3. The van der Waals surface area contributed by atoms with Crippen molar-refractivity contribution in [3.05, 3.63) is 92.7 Å². The molecule has 3 aromatic rings. The van der Waals surface area contributed by atoms with Crippen LogP contribution in [0.5, 0.6) is 5.75 Å². The van der Waals surface area contributed by atoms with Crippen molar-refractivity contribution in [3.8, 4) is 16.3 Å². The van der Waals surface area contributed by atoms with Crippen LogP contribution in [-0.2, 0) is 29.9 Å². The highest BCUT2D eigenvalue weighted by atomic mass is 32.1. The van der Waals surface area contributed by atoms with Crippen LogP contribution in [0.4, 0.5) is 39.5 Å². The Kier molecular flexibility index (Phi) is 12.2. The smallest absolute Gasteiger partial charge is 0.416 e. The van der Waals surface area contributed by atoms with Crippen molar-refractivity contribution in [1.82, 2.24) is 4.98 Å². The number of ether oxygens (including phenoxy) is 2. The highest BCUT2D eigenvalue weighted by Gasteiger charge is 2.37. The lowest BCUT2D eigenvalue weighted by Crippen LogP contribution is -2.12. The number of nitrogens with zero attached hydrogens (tertiary/aromatic N) is 1. The van der Waals surface area contributed by atoms with E-state index in [0.29, 0.717) is 34.8 Å². The maximum atomic E-state index is 13.4.